The number of rotatable bonds is 8. The van der Waals surface area contributed by atoms with Gasteiger partial charge in [-0.05, 0) is 126 Å². The fraction of sp³-hybridized carbons (Fsp3) is 0.676. The summed E-state index contributed by atoms with van der Waals surface area (Å²) >= 11 is 12.2. The van der Waals surface area contributed by atoms with Gasteiger partial charge >= 0.3 is 0 Å². The maximum atomic E-state index is 13.1. The smallest absolute Gasteiger partial charge is 0.246 e. The lowest BCUT2D eigenvalue weighted by Gasteiger charge is -2.41. The molecule has 0 aliphatic carbocycles. The SMILES string of the molecule is COc1ccc(OC)c(S(=O)(=O)N2CCC(N3CCC(C)CC3)CC2)c1.Cc1cc(S(=O)(=O)N2CCC(N3CCC(C)CC3)CC2)c(Cl)cc1Cl. The first-order valence-corrected chi connectivity index (χ1v) is 22.0. The lowest BCUT2D eigenvalue weighted by Crippen LogP contribution is -2.48. The van der Waals surface area contributed by atoms with Crippen LogP contribution in [0.3, 0.4) is 0 Å². The van der Waals surface area contributed by atoms with Crippen molar-refractivity contribution in [2.45, 2.75) is 94.0 Å². The van der Waals surface area contributed by atoms with E-state index >= 15 is 0 Å². The van der Waals surface area contributed by atoms with Crippen LogP contribution in [0.25, 0.3) is 0 Å². The Kier molecular flexibility index (Phi) is 14.0. The third kappa shape index (κ3) is 9.73. The summed E-state index contributed by atoms with van der Waals surface area (Å²) in [7, 11) is -4.14. The summed E-state index contributed by atoms with van der Waals surface area (Å²) < 4.78 is 65.9. The van der Waals surface area contributed by atoms with E-state index in [0.29, 0.717) is 54.8 Å². The van der Waals surface area contributed by atoms with Gasteiger partial charge in [0, 0.05) is 49.4 Å². The first-order valence-electron chi connectivity index (χ1n) is 18.4. The zero-order chi connectivity index (χ0) is 36.9. The van der Waals surface area contributed by atoms with Gasteiger partial charge in [0.1, 0.15) is 21.3 Å². The molecule has 4 heterocycles. The molecule has 0 unspecified atom stereocenters. The van der Waals surface area contributed by atoms with Crippen LogP contribution in [0.5, 0.6) is 11.5 Å². The molecule has 0 aromatic heterocycles. The third-order valence-corrected chi connectivity index (χ3v) is 16.0. The van der Waals surface area contributed by atoms with E-state index in [0.717, 1.165) is 69.3 Å². The lowest BCUT2D eigenvalue weighted by molar-refractivity contribution is 0.101. The molecule has 2 aromatic carbocycles. The molecular weight excluding hydrogens is 731 g/mol. The molecular formula is C37H56Cl2N4O6S2. The molecule has 4 aliphatic heterocycles. The predicted octanol–water partition coefficient (Wildman–Crippen LogP) is 6.78. The largest absolute Gasteiger partial charge is 0.497 e. The summed E-state index contributed by atoms with van der Waals surface area (Å²) in [6.07, 6.45) is 8.55. The highest BCUT2D eigenvalue weighted by Crippen LogP contribution is 2.34. The van der Waals surface area contributed by atoms with Gasteiger partial charge in [-0.3, -0.25) is 0 Å². The van der Waals surface area contributed by atoms with Gasteiger partial charge in [-0.1, -0.05) is 37.0 Å². The molecule has 0 bridgehead atoms. The number of ether oxygens (including phenoxy) is 2. The molecule has 10 nitrogen and oxygen atoms in total. The molecule has 286 valence electrons. The highest BCUT2D eigenvalue weighted by molar-refractivity contribution is 7.89. The van der Waals surface area contributed by atoms with Crippen LogP contribution in [0.15, 0.2) is 40.1 Å². The van der Waals surface area contributed by atoms with Gasteiger partial charge in [0.15, 0.2) is 0 Å². The number of aryl methyl sites for hydroxylation is 1. The summed E-state index contributed by atoms with van der Waals surface area (Å²) in [6.45, 7) is 13.2. The number of hydrogen-bond donors (Lipinski definition) is 0. The van der Waals surface area contributed by atoms with E-state index < -0.39 is 20.0 Å². The zero-order valence-electron chi connectivity index (χ0n) is 30.8. The normalized spacial score (nSPS) is 22.0. The number of hydrogen-bond acceptors (Lipinski definition) is 8. The van der Waals surface area contributed by atoms with Crippen LogP contribution in [0.1, 0.15) is 70.8 Å². The van der Waals surface area contributed by atoms with Gasteiger partial charge in [-0.25, -0.2) is 16.8 Å². The van der Waals surface area contributed by atoms with Crippen molar-refractivity contribution in [3.05, 3.63) is 45.9 Å². The maximum absolute atomic E-state index is 13.1. The second-order valence-corrected chi connectivity index (χ2v) is 19.4. The Bertz CT molecular complexity index is 1680. The number of piperidine rings is 4. The fourth-order valence-electron chi connectivity index (χ4n) is 7.77. The Morgan fingerprint density at radius 3 is 1.47 bits per heavy atom. The summed E-state index contributed by atoms with van der Waals surface area (Å²) in [5, 5.41) is 0.685. The fourth-order valence-corrected chi connectivity index (χ4v) is 11.7. The standard InChI is InChI=1S/C19H30N2O4S.C18H26Cl2N2O2S/c1-15-6-10-20(11-7-15)16-8-12-21(13-9-16)26(22,23)19-14-17(24-2)4-5-18(19)25-3;1-13-3-7-21(8-4-13)15-5-9-22(10-6-15)25(23,24)18-11-14(2)16(19)12-17(18)20/h4-5,14-16H,6-13H2,1-3H3;11-13,15H,3-10H2,1-2H3. The number of nitrogens with zero attached hydrogens (tertiary/aromatic N) is 4. The molecule has 4 saturated heterocycles. The van der Waals surface area contributed by atoms with Gasteiger partial charge in [-0.15, -0.1) is 0 Å². The minimum atomic E-state index is -3.59. The van der Waals surface area contributed by atoms with Crippen LogP contribution in [0, 0.1) is 18.8 Å². The Morgan fingerprint density at radius 2 is 1.04 bits per heavy atom. The van der Waals surface area contributed by atoms with Crippen molar-refractivity contribution in [2.24, 2.45) is 11.8 Å². The van der Waals surface area contributed by atoms with Gasteiger partial charge < -0.3 is 19.3 Å². The van der Waals surface area contributed by atoms with Crippen molar-refractivity contribution in [2.75, 3.05) is 66.6 Å². The molecule has 0 N–H and O–H groups in total. The summed E-state index contributed by atoms with van der Waals surface area (Å²) in [4.78, 5) is 5.45. The van der Waals surface area contributed by atoms with Crippen molar-refractivity contribution < 1.29 is 26.3 Å². The van der Waals surface area contributed by atoms with Crippen LogP contribution < -0.4 is 9.47 Å². The second kappa shape index (κ2) is 17.7. The average Bonchev–Trinajstić information content (AvgIpc) is 3.13. The number of benzene rings is 2. The average molecular weight is 788 g/mol. The molecule has 4 aliphatic rings. The third-order valence-electron chi connectivity index (χ3n) is 11.3. The van der Waals surface area contributed by atoms with E-state index in [9.17, 15) is 16.8 Å². The van der Waals surface area contributed by atoms with Gasteiger partial charge in [0.2, 0.25) is 20.0 Å². The molecule has 0 saturated carbocycles. The molecule has 4 fully saturated rings. The van der Waals surface area contributed by atoms with Crippen molar-refractivity contribution >= 4 is 43.2 Å². The molecule has 2 aromatic rings. The molecule has 0 spiro atoms. The van der Waals surface area contributed by atoms with Crippen molar-refractivity contribution in [3.8, 4) is 11.5 Å². The van der Waals surface area contributed by atoms with Crippen LogP contribution >= 0.6 is 23.2 Å². The van der Waals surface area contributed by atoms with Crippen LogP contribution in [0.2, 0.25) is 10.0 Å². The van der Waals surface area contributed by atoms with Crippen molar-refractivity contribution in [1.82, 2.24) is 18.4 Å². The van der Waals surface area contributed by atoms with E-state index in [1.165, 1.54) is 46.0 Å². The minimum Gasteiger partial charge on any atom is -0.497 e. The summed E-state index contributed by atoms with van der Waals surface area (Å²) in [6, 6.07) is 9.01. The first kappa shape index (κ1) is 40.5. The maximum Gasteiger partial charge on any atom is 0.246 e. The Labute approximate surface area is 316 Å². The summed E-state index contributed by atoms with van der Waals surface area (Å²) in [5.41, 5.74) is 0.724. The lowest BCUT2D eigenvalue weighted by atomic mass is 9.95. The van der Waals surface area contributed by atoms with E-state index in [2.05, 4.69) is 23.6 Å². The first-order chi connectivity index (χ1) is 24.2. The van der Waals surface area contributed by atoms with Crippen LogP contribution in [-0.2, 0) is 20.0 Å². The second-order valence-electron chi connectivity index (χ2n) is 14.8. The Hall–Kier alpha value is -1.64. The van der Waals surface area contributed by atoms with Gasteiger partial charge in [0.25, 0.3) is 0 Å². The Balaban J connectivity index is 0.000000198. The molecule has 14 heteroatoms. The van der Waals surface area contributed by atoms with Crippen LogP contribution in [-0.4, -0.2) is 114 Å². The van der Waals surface area contributed by atoms with Gasteiger partial charge in [0.05, 0.1) is 19.2 Å². The Morgan fingerprint density at radius 1 is 0.588 bits per heavy atom. The zero-order valence-corrected chi connectivity index (χ0v) is 34.0. The van der Waals surface area contributed by atoms with E-state index in [-0.39, 0.29) is 14.8 Å². The van der Waals surface area contributed by atoms with E-state index in [1.807, 2.05) is 0 Å². The molecule has 0 atom stereocenters. The monoisotopic (exact) mass is 786 g/mol. The number of methoxy groups -OCH3 is 2. The topological polar surface area (TPSA) is 99.7 Å². The highest BCUT2D eigenvalue weighted by Gasteiger charge is 2.36. The number of sulfonamides is 2. The molecule has 0 radical (unpaired) electrons. The molecule has 51 heavy (non-hydrogen) atoms. The number of likely N-dealkylation sites (tertiary alicyclic amines) is 2. The number of halogens is 2. The molecule has 6 rings (SSSR count). The van der Waals surface area contributed by atoms with Crippen LogP contribution in [0.4, 0.5) is 0 Å². The van der Waals surface area contributed by atoms with Gasteiger partial charge in [-0.2, -0.15) is 8.61 Å². The quantitative estimate of drug-likeness (QED) is 0.289. The minimum absolute atomic E-state index is 0.168. The highest BCUT2D eigenvalue weighted by atomic mass is 35.5. The van der Waals surface area contributed by atoms with E-state index in [4.69, 9.17) is 32.7 Å². The van der Waals surface area contributed by atoms with E-state index in [1.54, 1.807) is 39.8 Å². The van der Waals surface area contributed by atoms with Crippen molar-refractivity contribution in [1.29, 1.82) is 0 Å². The molecule has 0 amide bonds. The summed E-state index contributed by atoms with van der Waals surface area (Å²) in [5.74, 6) is 2.50. The predicted molar refractivity (Wildman–Crippen MR) is 204 cm³/mol. The van der Waals surface area contributed by atoms with Crippen molar-refractivity contribution in [3.63, 3.8) is 0 Å².